The predicted molar refractivity (Wildman–Crippen MR) is 120 cm³/mol. The Morgan fingerprint density at radius 1 is 1.20 bits per heavy atom. The Morgan fingerprint density at radius 3 is 2.43 bits per heavy atom. The summed E-state index contributed by atoms with van der Waals surface area (Å²) >= 11 is 0. The number of hydrogen-bond donors (Lipinski definition) is 5. The first-order valence-electron chi connectivity index (χ1n) is 10.6. The summed E-state index contributed by atoms with van der Waals surface area (Å²) in [4.78, 5) is 13.4. The number of amidine groups is 1. The van der Waals surface area contributed by atoms with Gasteiger partial charge in [-0.1, -0.05) is 0 Å². The second-order valence-electron chi connectivity index (χ2n) is 8.06. The molecule has 0 saturated carbocycles. The third kappa shape index (κ3) is 5.96. The zero-order valence-corrected chi connectivity index (χ0v) is 19.0. The first-order valence-corrected chi connectivity index (χ1v) is 10.6. The number of nitrogens with zero attached hydrogens (tertiary/aromatic N) is 1. The smallest absolute Gasteiger partial charge is 0.393 e. The lowest BCUT2D eigenvalue weighted by molar-refractivity contribution is -0.128. The fourth-order valence-corrected chi connectivity index (χ4v) is 3.63. The van der Waals surface area contributed by atoms with Crippen molar-refractivity contribution in [1.29, 1.82) is 10.8 Å². The number of carbonyl (C=O) groups excluding carboxylic acids is 1. The Balaban J connectivity index is 1.90. The lowest BCUT2D eigenvalue weighted by atomic mass is 9.99. The van der Waals surface area contributed by atoms with Crippen molar-refractivity contribution >= 4 is 28.7 Å². The molecule has 3 rings (SSSR count). The van der Waals surface area contributed by atoms with Crippen LogP contribution in [0.15, 0.2) is 29.6 Å². The van der Waals surface area contributed by atoms with Crippen molar-refractivity contribution in [1.82, 2.24) is 15.5 Å². The lowest BCUT2D eigenvalue weighted by Gasteiger charge is -2.35. The van der Waals surface area contributed by atoms with E-state index in [-0.39, 0.29) is 24.3 Å². The summed E-state index contributed by atoms with van der Waals surface area (Å²) in [7, 11) is 1.26. The molecule has 35 heavy (non-hydrogen) atoms. The molecule has 0 atom stereocenters. The van der Waals surface area contributed by atoms with Crippen LogP contribution in [-0.4, -0.2) is 67.9 Å². The van der Waals surface area contributed by atoms with E-state index in [1.54, 1.807) is 0 Å². The summed E-state index contributed by atoms with van der Waals surface area (Å²) in [6.07, 6.45) is -3.90. The van der Waals surface area contributed by atoms with Gasteiger partial charge in [0.15, 0.2) is 0 Å². The number of nitrogens with one attached hydrogen (secondary N) is 5. The molecule has 2 aliphatic heterocycles. The van der Waals surface area contributed by atoms with Gasteiger partial charge in [0, 0.05) is 61.6 Å². The monoisotopic (exact) mass is 500 g/mol. The third-order valence-corrected chi connectivity index (χ3v) is 5.56. The van der Waals surface area contributed by atoms with Crippen molar-refractivity contribution in [3.8, 4) is 0 Å². The Bertz CT molecular complexity index is 1090. The summed E-state index contributed by atoms with van der Waals surface area (Å²) < 4.78 is 73.9. The number of rotatable bonds is 7. The number of benzene rings is 1. The molecule has 1 fully saturated rings. The van der Waals surface area contributed by atoms with E-state index in [0.717, 1.165) is 6.20 Å². The number of ether oxygens (including phenoxy) is 1. The fraction of sp³-hybridized carbons (Fsp3) is 0.409. The molecule has 0 unspecified atom stereocenters. The maximum atomic E-state index is 14.9. The molecule has 0 bridgehead atoms. The van der Waals surface area contributed by atoms with E-state index >= 15 is 0 Å². The maximum absolute atomic E-state index is 14.9. The molecule has 13 heteroatoms. The number of allylic oxidation sites excluding steroid dienone is 1. The number of hydrogen-bond acceptors (Lipinski definition) is 6. The second-order valence-corrected chi connectivity index (χ2v) is 8.06. The fourth-order valence-electron chi connectivity index (χ4n) is 3.63. The quantitative estimate of drug-likeness (QED) is 0.225. The van der Waals surface area contributed by atoms with Gasteiger partial charge in [0.25, 0.3) is 0 Å². The molecule has 5 N–H and O–H groups in total. The van der Waals surface area contributed by atoms with Crippen molar-refractivity contribution in [3.63, 3.8) is 0 Å². The van der Waals surface area contributed by atoms with Crippen LogP contribution in [0.3, 0.4) is 0 Å². The van der Waals surface area contributed by atoms with Gasteiger partial charge in [0.2, 0.25) is 5.91 Å². The van der Waals surface area contributed by atoms with Crippen LogP contribution in [0.4, 0.5) is 27.6 Å². The van der Waals surface area contributed by atoms with Gasteiger partial charge in [-0.05, 0) is 6.07 Å². The topological polar surface area (TPSA) is 113 Å². The molecule has 1 saturated heterocycles. The molecule has 0 radical (unpaired) electrons. The third-order valence-electron chi connectivity index (χ3n) is 5.56. The van der Waals surface area contributed by atoms with Gasteiger partial charge in [-0.2, -0.15) is 13.2 Å². The molecule has 1 aromatic carbocycles. The molecule has 0 aromatic heterocycles. The van der Waals surface area contributed by atoms with Gasteiger partial charge in [0.05, 0.1) is 31.5 Å². The van der Waals surface area contributed by atoms with Crippen molar-refractivity contribution in [2.75, 3.05) is 38.7 Å². The average Bonchev–Trinajstić information content (AvgIpc) is 2.75. The molecular weight excluding hydrogens is 475 g/mol. The largest absolute Gasteiger partial charge is 0.433 e. The van der Waals surface area contributed by atoms with Gasteiger partial charge >= 0.3 is 6.18 Å². The predicted octanol–water partition coefficient (Wildman–Crippen LogP) is 2.99. The van der Waals surface area contributed by atoms with Gasteiger partial charge in [-0.15, -0.1) is 0 Å². The number of amides is 1. The summed E-state index contributed by atoms with van der Waals surface area (Å²) in [5.74, 6) is -2.84. The van der Waals surface area contributed by atoms with Crippen LogP contribution in [0.1, 0.15) is 18.9 Å². The van der Waals surface area contributed by atoms with Crippen molar-refractivity contribution in [2.24, 2.45) is 0 Å². The molecule has 2 heterocycles. The summed E-state index contributed by atoms with van der Waals surface area (Å²) in [5.41, 5.74) is -2.91. The minimum atomic E-state index is -5.07. The van der Waals surface area contributed by atoms with Crippen molar-refractivity contribution in [3.05, 3.63) is 46.8 Å². The van der Waals surface area contributed by atoms with Gasteiger partial charge < -0.3 is 25.6 Å². The SMILES string of the molecule is CN/C=C(\C(=N)C(F)(F)F)c1cc(F)c(NC(=N)C2=C(NC3COC3)CCN(C(C)=O)C2)cc1F. The molecule has 2 aliphatic rings. The van der Waals surface area contributed by atoms with E-state index in [2.05, 4.69) is 16.0 Å². The first-order chi connectivity index (χ1) is 16.4. The highest BCUT2D eigenvalue weighted by molar-refractivity contribution is 6.25. The van der Waals surface area contributed by atoms with Crippen molar-refractivity contribution in [2.45, 2.75) is 25.6 Å². The lowest BCUT2D eigenvalue weighted by Crippen LogP contribution is -2.49. The van der Waals surface area contributed by atoms with E-state index in [0.29, 0.717) is 49.6 Å². The standard InChI is InChI=1S/C22H25F5N6O2/c1-11(34)33-4-3-18(31-12-9-35-10-12)15(8-33)21(29)32-19-6-16(23)13(5-17(19)24)14(7-30-2)20(28)22(25,26)27/h5-7,12,28,30-31H,3-4,8-10H2,1-2H3,(H2,29,32)/b14-7-,28-20?. The number of halogens is 5. The Morgan fingerprint density at radius 2 is 1.89 bits per heavy atom. The normalized spacial score (nSPS) is 17.1. The minimum Gasteiger partial charge on any atom is -0.393 e. The first kappa shape index (κ1) is 26.1. The van der Waals surface area contributed by atoms with Gasteiger partial charge in [-0.25, -0.2) is 8.78 Å². The minimum absolute atomic E-state index is 0.0338. The Kier molecular flexibility index (Phi) is 7.78. The van der Waals surface area contributed by atoms with E-state index in [1.165, 1.54) is 18.9 Å². The average molecular weight is 500 g/mol. The van der Waals surface area contributed by atoms with Crippen LogP contribution in [0.2, 0.25) is 0 Å². The van der Waals surface area contributed by atoms with E-state index < -0.39 is 40.3 Å². The molecule has 1 amide bonds. The number of anilines is 1. The molecule has 8 nitrogen and oxygen atoms in total. The van der Waals surface area contributed by atoms with E-state index in [4.69, 9.17) is 15.6 Å². The highest BCUT2D eigenvalue weighted by Gasteiger charge is 2.38. The van der Waals surface area contributed by atoms with Gasteiger partial charge in [-0.3, -0.25) is 15.6 Å². The van der Waals surface area contributed by atoms with Crippen LogP contribution in [0.5, 0.6) is 0 Å². The maximum Gasteiger partial charge on any atom is 0.433 e. The van der Waals surface area contributed by atoms with Crippen LogP contribution >= 0.6 is 0 Å². The number of alkyl halides is 3. The Hall–Kier alpha value is -3.48. The van der Waals surface area contributed by atoms with E-state index in [9.17, 15) is 26.7 Å². The zero-order chi connectivity index (χ0) is 25.9. The molecule has 0 spiro atoms. The molecule has 190 valence electrons. The summed E-state index contributed by atoms with van der Waals surface area (Å²) in [6.45, 7) is 2.83. The number of carbonyl (C=O) groups is 1. The van der Waals surface area contributed by atoms with Crippen LogP contribution in [0.25, 0.3) is 5.57 Å². The summed E-state index contributed by atoms with van der Waals surface area (Å²) in [6, 6.07) is 1.20. The van der Waals surface area contributed by atoms with Crippen LogP contribution in [0, 0.1) is 22.5 Å². The second kappa shape index (κ2) is 10.4. The highest BCUT2D eigenvalue weighted by Crippen LogP contribution is 2.31. The highest BCUT2D eigenvalue weighted by atomic mass is 19.4. The molecule has 0 aliphatic carbocycles. The molecule has 1 aromatic rings. The molecular formula is C22H25F5N6O2. The van der Waals surface area contributed by atoms with Crippen LogP contribution < -0.4 is 16.0 Å². The van der Waals surface area contributed by atoms with Crippen molar-refractivity contribution < 1.29 is 31.5 Å². The zero-order valence-electron chi connectivity index (χ0n) is 19.0. The van der Waals surface area contributed by atoms with Gasteiger partial charge in [0.1, 0.15) is 23.2 Å². The summed E-state index contributed by atoms with van der Waals surface area (Å²) in [5, 5.41) is 23.8. The van der Waals surface area contributed by atoms with E-state index in [1.807, 2.05) is 0 Å². The van der Waals surface area contributed by atoms with Crippen LogP contribution in [-0.2, 0) is 9.53 Å². The Labute approximate surface area is 198 Å².